The number of carbonyl (C=O) groups excluding carboxylic acids is 2. The Kier molecular flexibility index (Phi) is 5.60. The summed E-state index contributed by atoms with van der Waals surface area (Å²) in [4.78, 5) is 28.5. The van der Waals surface area contributed by atoms with E-state index in [1.165, 1.54) is 0 Å². The number of nitrogens with zero attached hydrogens (tertiary/aromatic N) is 2. The monoisotopic (exact) mass is 375 g/mol. The lowest BCUT2D eigenvalue weighted by Gasteiger charge is -2.40. The zero-order valence-electron chi connectivity index (χ0n) is 16.6. The van der Waals surface area contributed by atoms with Gasteiger partial charge in [-0.2, -0.15) is 0 Å². The quantitative estimate of drug-likeness (QED) is 0.877. The molecular formula is C20H29N3O4. The van der Waals surface area contributed by atoms with E-state index >= 15 is 0 Å². The minimum Gasteiger partial charge on any atom is -0.482 e. The van der Waals surface area contributed by atoms with Crippen LogP contribution in [0.2, 0.25) is 0 Å². The highest BCUT2D eigenvalue weighted by Crippen LogP contribution is 2.35. The molecule has 7 nitrogen and oxygen atoms in total. The number of fused-ring (bicyclic) bond motifs is 1. The second kappa shape index (κ2) is 7.76. The van der Waals surface area contributed by atoms with Crippen molar-refractivity contribution in [2.45, 2.75) is 52.2 Å². The van der Waals surface area contributed by atoms with Gasteiger partial charge in [-0.25, -0.2) is 4.79 Å². The highest BCUT2D eigenvalue weighted by molar-refractivity contribution is 5.99. The zero-order valence-corrected chi connectivity index (χ0v) is 16.6. The number of ether oxygens (including phenoxy) is 2. The van der Waals surface area contributed by atoms with Crippen LogP contribution in [0.25, 0.3) is 0 Å². The van der Waals surface area contributed by atoms with Crippen LogP contribution in [0.5, 0.6) is 5.75 Å². The molecule has 0 aliphatic carbocycles. The second-order valence-corrected chi connectivity index (χ2v) is 7.58. The van der Waals surface area contributed by atoms with Crippen molar-refractivity contribution >= 4 is 23.3 Å². The van der Waals surface area contributed by atoms with Crippen LogP contribution in [0, 0.1) is 0 Å². The van der Waals surface area contributed by atoms with E-state index in [2.05, 4.69) is 19.2 Å². The summed E-state index contributed by atoms with van der Waals surface area (Å²) in [6.07, 6.45) is 1.64. The summed E-state index contributed by atoms with van der Waals surface area (Å²) in [5.74, 6) is 0.584. The molecule has 0 unspecified atom stereocenters. The van der Waals surface area contributed by atoms with Crippen molar-refractivity contribution < 1.29 is 19.1 Å². The standard InChI is InChI=1S/C20H29N3O4/c1-5-22(15-9-10-27-20(3,4)12-15)19(25)21-14-7-8-17-16(11-14)23(6-2)18(24)13-26-17/h7-8,11,15H,5-6,9-10,12-13H2,1-4H3,(H,21,25)/t15-/m1/s1. The van der Waals surface area contributed by atoms with Gasteiger partial charge >= 0.3 is 6.03 Å². The summed E-state index contributed by atoms with van der Waals surface area (Å²) < 4.78 is 11.3. The SMILES string of the molecule is CCN1C(=O)COc2ccc(NC(=O)N(CC)[C@@H]3CCOC(C)(C)C3)cc21. The summed E-state index contributed by atoms with van der Waals surface area (Å²) in [5, 5.41) is 2.98. The molecule has 148 valence electrons. The van der Waals surface area contributed by atoms with Gasteiger partial charge in [-0.15, -0.1) is 0 Å². The molecular weight excluding hydrogens is 346 g/mol. The zero-order chi connectivity index (χ0) is 19.6. The molecule has 1 aromatic rings. The van der Waals surface area contributed by atoms with Gasteiger partial charge < -0.3 is 24.6 Å². The first-order valence-corrected chi connectivity index (χ1v) is 9.63. The number of hydrogen-bond acceptors (Lipinski definition) is 4. The summed E-state index contributed by atoms with van der Waals surface area (Å²) in [6.45, 7) is 9.92. The van der Waals surface area contributed by atoms with E-state index in [9.17, 15) is 9.59 Å². The van der Waals surface area contributed by atoms with Gasteiger partial charge in [0.2, 0.25) is 0 Å². The number of anilines is 2. The molecule has 1 atom stereocenters. The number of benzene rings is 1. The van der Waals surface area contributed by atoms with Crippen LogP contribution in [0.1, 0.15) is 40.5 Å². The van der Waals surface area contributed by atoms with Crippen LogP contribution in [-0.2, 0) is 9.53 Å². The van der Waals surface area contributed by atoms with E-state index in [-0.39, 0.29) is 30.2 Å². The fraction of sp³-hybridized carbons (Fsp3) is 0.600. The van der Waals surface area contributed by atoms with E-state index in [0.717, 1.165) is 12.8 Å². The van der Waals surface area contributed by atoms with E-state index < -0.39 is 0 Å². The maximum Gasteiger partial charge on any atom is 0.322 e. The van der Waals surface area contributed by atoms with Gasteiger partial charge in [0.1, 0.15) is 5.75 Å². The van der Waals surface area contributed by atoms with E-state index in [4.69, 9.17) is 9.47 Å². The molecule has 0 spiro atoms. The number of urea groups is 1. The van der Waals surface area contributed by atoms with Crippen molar-refractivity contribution in [3.05, 3.63) is 18.2 Å². The first kappa shape index (κ1) is 19.5. The van der Waals surface area contributed by atoms with Crippen LogP contribution in [0.3, 0.4) is 0 Å². The minimum absolute atomic E-state index is 0.0513. The molecule has 1 N–H and O–H groups in total. The third-order valence-corrected chi connectivity index (χ3v) is 5.18. The molecule has 2 aliphatic heterocycles. The van der Waals surface area contributed by atoms with Gasteiger partial charge in [0.25, 0.3) is 5.91 Å². The van der Waals surface area contributed by atoms with Crippen molar-refractivity contribution in [1.29, 1.82) is 0 Å². The Morgan fingerprint density at radius 3 is 2.81 bits per heavy atom. The Bertz CT molecular complexity index is 719. The number of amides is 3. The number of nitrogens with one attached hydrogen (secondary N) is 1. The lowest BCUT2D eigenvalue weighted by atomic mass is 9.93. The summed E-state index contributed by atoms with van der Waals surface area (Å²) in [5.41, 5.74) is 1.13. The molecule has 0 saturated carbocycles. The van der Waals surface area contributed by atoms with E-state index in [1.54, 1.807) is 17.0 Å². The molecule has 0 radical (unpaired) electrons. The Balaban J connectivity index is 1.75. The van der Waals surface area contributed by atoms with Crippen molar-refractivity contribution in [2.24, 2.45) is 0 Å². The lowest BCUT2D eigenvalue weighted by molar-refractivity contribution is -0.121. The molecule has 3 amide bonds. The van der Waals surface area contributed by atoms with E-state index in [0.29, 0.717) is 36.8 Å². The largest absolute Gasteiger partial charge is 0.482 e. The van der Waals surface area contributed by atoms with Crippen molar-refractivity contribution in [1.82, 2.24) is 4.90 Å². The number of carbonyl (C=O) groups is 2. The topological polar surface area (TPSA) is 71.1 Å². The van der Waals surface area contributed by atoms with Crippen LogP contribution in [0.15, 0.2) is 18.2 Å². The number of rotatable bonds is 4. The predicted octanol–water partition coefficient (Wildman–Crippen LogP) is 3.24. The average molecular weight is 375 g/mol. The fourth-order valence-corrected chi connectivity index (χ4v) is 3.86. The average Bonchev–Trinajstić information content (AvgIpc) is 2.61. The number of likely N-dealkylation sites (N-methyl/N-ethyl adjacent to an activating group) is 1. The van der Waals surface area contributed by atoms with Crippen LogP contribution < -0.4 is 15.0 Å². The Morgan fingerprint density at radius 2 is 2.15 bits per heavy atom. The van der Waals surface area contributed by atoms with Crippen LogP contribution in [-0.4, -0.2) is 54.8 Å². The van der Waals surface area contributed by atoms with Gasteiger partial charge in [-0.3, -0.25) is 4.79 Å². The maximum absolute atomic E-state index is 12.9. The van der Waals surface area contributed by atoms with Crippen molar-refractivity contribution in [2.75, 3.05) is 36.5 Å². The molecule has 1 fully saturated rings. The summed E-state index contributed by atoms with van der Waals surface area (Å²) >= 11 is 0. The van der Waals surface area contributed by atoms with Gasteiger partial charge in [-0.1, -0.05) is 0 Å². The fourth-order valence-electron chi connectivity index (χ4n) is 3.86. The molecule has 2 heterocycles. The molecule has 0 bridgehead atoms. The highest BCUT2D eigenvalue weighted by atomic mass is 16.5. The third-order valence-electron chi connectivity index (χ3n) is 5.18. The Morgan fingerprint density at radius 1 is 1.37 bits per heavy atom. The molecule has 27 heavy (non-hydrogen) atoms. The Labute approximate surface area is 160 Å². The molecule has 1 saturated heterocycles. The summed E-state index contributed by atoms with van der Waals surface area (Å²) in [7, 11) is 0. The first-order chi connectivity index (χ1) is 12.8. The smallest absolute Gasteiger partial charge is 0.322 e. The second-order valence-electron chi connectivity index (χ2n) is 7.58. The predicted molar refractivity (Wildman–Crippen MR) is 104 cm³/mol. The van der Waals surface area contributed by atoms with Gasteiger partial charge in [0.05, 0.1) is 11.3 Å². The lowest BCUT2D eigenvalue weighted by Crippen LogP contribution is -2.49. The molecule has 3 rings (SSSR count). The first-order valence-electron chi connectivity index (χ1n) is 9.63. The molecule has 1 aromatic carbocycles. The van der Waals surface area contributed by atoms with Gasteiger partial charge in [0, 0.05) is 31.4 Å². The van der Waals surface area contributed by atoms with Gasteiger partial charge in [0.15, 0.2) is 6.61 Å². The molecule has 7 heteroatoms. The van der Waals surface area contributed by atoms with Crippen molar-refractivity contribution in [3.63, 3.8) is 0 Å². The maximum atomic E-state index is 12.9. The minimum atomic E-state index is -0.220. The molecule has 0 aromatic heterocycles. The summed E-state index contributed by atoms with van der Waals surface area (Å²) in [6, 6.07) is 5.42. The van der Waals surface area contributed by atoms with Crippen LogP contribution in [0.4, 0.5) is 16.2 Å². The number of hydrogen-bond donors (Lipinski definition) is 1. The Hall–Kier alpha value is -2.28. The van der Waals surface area contributed by atoms with Crippen molar-refractivity contribution in [3.8, 4) is 5.75 Å². The van der Waals surface area contributed by atoms with Gasteiger partial charge in [-0.05, 0) is 58.7 Å². The third kappa shape index (κ3) is 4.18. The normalized spacial score (nSPS) is 21.3. The van der Waals surface area contributed by atoms with E-state index in [1.807, 2.05) is 24.8 Å². The highest BCUT2D eigenvalue weighted by Gasteiger charge is 2.34. The molecule has 2 aliphatic rings. The van der Waals surface area contributed by atoms with Crippen LogP contribution >= 0.6 is 0 Å².